The Labute approximate surface area is 114 Å². The van der Waals surface area contributed by atoms with Gasteiger partial charge in [0.2, 0.25) is 0 Å². The van der Waals surface area contributed by atoms with Gasteiger partial charge in [0.1, 0.15) is 6.04 Å². The number of carbonyl (C=O) groups is 2. The van der Waals surface area contributed by atoms with Gasteiger partial charge in [0, 0.05) is 13.1 Å². The Bertz CT molecular complexity index is 324. The van der Waals surface area contributed by atoms with E-state index in [0.717, 1.165) is 19.5 Å². The van der Waals surface area contributed by atoms with Crippen molar-refractivity contribution in [1.29, 1.82) is 0 Å². The molecule has 19 heavy (non-hydrogen) atoms. The van der Waals surface area contributed by atoms with Gasteiger partial charge >= 0.3 is 12.0 Å². The van der Waals surface area contributed by atoms with E-state index >= 15 is 0 Å². The molecule has 2 aliphatic rings. The molecule has 0 aromatic heterocycles. The minimum Gasteiger partial charge on any atom is -0.480 e. The normalized spacial score (nSPS) is 19.8. The van der Waals surface area contributed by atoms with E-state index in [4.69, 9.17) is 5.11 Å². The Morgan fingerprint density at radius 1 is 1.21 bits per heavy atom. The minimum atomic E-state index is -0.937. The van der Waals surface area contributed by atoms with Crippen molar-refractivity contribution in [3.05, 3.63) is 0 Å². The summed E-state index contributed by atoms with van der Waals surface area (Å²) >= 11 is 0. The Morgan fingerprint density at radius 3 is 2.11 bits per heavy atom. The maximum absolute atomic E-state index is 12.2. The number of carboxylic acid groups (broad SMARTS) is 1. The molecule has 2 N–H and O–H groups in total. The van der Waals surface area contributed by atoms with Crippen molar-refractivity contribution in [2.24, 2.45) is 11.8 Å². The minimum absolute atomic E-state index is 0.195. The molecule has 0 bridgehead atoms. The lowest BCUT2D eigenvalue weighted by molar-refractivity contribution is -0.139. The zero-order chi connectivity index (χ0) is 13.8. The first kappa shape index (κ1) is 14.2. The van der Waals surface area contributed by atoms with Crippen molar-refractivity contribution in [2.45, 2.75) is 51.5 Å². The van der Waals surface area contributed by atoms with Gasteiger partial charge in [0.15, 0.2) is 0 Å². The van der Waals surface area contributed by atoms with Crippen LogP contribution < -0.4 is 5.32 Å². The van der Waals surface area contributed by atoms with Crippen molar-refractivity contribution in [3.63, 3.8) is 0 Å². The second kappa shape index (κ2) is 6.26. The van der Waals surface area contributed by atoms with Gasteiger partial charge in [-0.25, -0.2) is 9.59 Å². The highest BCUT2D eigenvalue weighted by Crippen LogP contribution is 2.33. The largest absolute Gasteiger partial charge is 0.480 e. The number of hydrogen-bond acceptors (Lipinski definition) is 2. The third kappa shape index (κ3) is 4.73. The van der Waals surface area contributed by atoms with Crippen molar-refractivity contribution in [3.8, 4) is 0 Å². The monoisotopic (exact) mass is 268 g/mol. The van der Waals surface area contributed by atoms with Crippen molar-refractivity contribution in [1.82, 2.24) is 10.2 Å². The summed E-state index contributed by atoms with van der Waals surface area (Å²) in [5, 5.41) is 11.8. The summed E-state index contributed by atoms with van der Waals surface area (Å²) in [4.78, 5) is 25.1. The van der Waals surface area contributed by atoms with Crippen LogP contribution in [0, 0.1) is 11.8 Å². The van der Waals surface area contributed by atoms with Crippen molar-refractivity contribution < 1.29 is 14.7 Å². The van der Waals surface area contributed by atoms with Crippen LogP contribution >= 0.6 is 0 Å². The number of carbonyl (C=O) groups excluding carboxylic acids is 1. The van der Waals surface area contributed by atoms with E-state index in [-0.39, 0.29) is 6.03 Å². The van der Waals surface area contributed by atoms with Gasteiger partial charge in [-0.2, -0.15) is 0 Å². The number of carboxylic acids is 1. The number of hydrogen-bond donors (Lipinski definition) is 2. The lowest BCUT2D eigenvalue weighted by atomic mass is 10.2. The fourth-order valence-corrected chi connectivity index (χ4v) is 2.25. The molecule has 0 saturated heterocycles. The van der Waals surface area contributed by atoms with E-state index in [1.54, 1.807) is 0 Å². The highest BCUT2D eigenvalue weighted by Gasteiger charge is 2.32. The Kier molecular flexibility index (Phi) is 4.66. The lowest BCUT2D eigenvalue weighted by Crippen LogP contribution is -2.49. The lowest BCUT2D eigenvalue weighted by Gasteiger charge is -2.25. The summed E-state index contributed by atoms with van der Waals surface area (Å²) in [6.07, 6.45) is 6.04. The van der Waals surface area contributed by atoms with Crippen molar-refractivity contribution >= 4 is 12.0 Å². The van der Waals surface area contributed by atoms with E-state index in [0.29, 0.717) is 18.3 Å². The van der Waals surface area contributed by atoms with Crippen LogP contribution in [0.4, 0.5) is 4.79 Å². The first-order valence-electron chi connectivity index (χ1n) is 7.38. The van der Waals surface area contributed by atoms with Gasteiger partial charge in [0.05, 0.1) is 0 Å². The number of aliphatic carboxylic acids is 1. The summed E-state index contributed by atoms with van der Waals surface area (Å²) in [5.41, 5.74) is 0. The summed E-state index contributed by atoms with van der Waals surface area (Å²) in [7, 11) is 0. The van der Waals surface area contributed by atoms with Crippen LogP contribution in [0.1, 0.15) is 45.4 Å². The third-order valence-electron chi connectivity index (χ3n) is 3.81. The molecular weight excluding hydrogens is 244 g/mol. The second-order valence-corrected chi connectivity index (χ2v) is 5.92. The molecule has 0 radical (unpaired) electrons. The first-order valence-corrected chi connectivity index (χ1v) is 7.38. The summed E-state index contributed by atoms with van der Waals surface area (Å²) in [6.45, 7) is 3.51. The number of nitrogens with one attached hydrogen (secondary N) is 1. The van der Waals surface area contributed by atoms with E-state index in [2.05, 4.69) is 5.32 Å². The van der Waals surface area contributed by atoms with Gasteiger partial charge < -0.3 is 15.3 Å². The summed E-state index contributed by atoms with van der Waals surface area (Å²) in [5.74, 6) is 0.339. The highest BCUT2D eigenvalue weighted by molar-refractivity contribution is 5.82. The molecule has 2 rings (SSSR count). The Balaban J connectivity index is 1.86. The van der Waals surface area contributed by atoms with Crippen LogP contribution in [0.25, 0.3) is 0 Å². The molecule has 0 unspecified atom stereocenters. The highest BCUT2D eigenvalue weighted by atomic mass is 16.4. The molecule has 5 nitrogen and oxygen atoms in total. The fourth-order valence-electron chi connectivity index (χ4n) is 2.25. The average molecular weight is 268 g/mol. The molecular formula is C14H24N2O3. The molecule has 0 aliphatic heterocycles. The molecule has 2 aliphatic carbocycles. The quantitative estimate of drug-likeness (QED) is 0.708. The van der Waals surface area contributed by atoms with Crippen LogP contribution in [0.3, 0.4) is 0 Å². The van der Waals surface area contributed by atoms with E-state index in [9.17, 15) is 9.59 Å². The molecule has 5 heteroatoms. The molecule has 0 heterocycles. The smallest absolute Gasteiger partial charge is 0.326 e. The zero-order valence-electron chi connectivity index (χ0n) is 11.6. The van der Waals surface area contributed by atoms with Gasteiger partial charge in [-0.15, -0.1) is 0 Å². The second-order valence-electron chi connectivity index (χ2n) is 5.92. The number of nitrogens with zero attached hydrogens (tertiary/aromatic N) is 1. The molecule has 0 aromatic carbocycles. The van der Waals surface area contributed by atoms with Gasteiger partial charge in [-0.1, -0.05) is 13.3 Å². The van der Waals surface area contributed by atoms with E-state index in [1.807, 2.05) is 11.8 Å². The predicted molar refractivity (Wildman–Crippen MR) is 71.9 cm³/mol. The van der Waals surface area contributed by atoms with Gasteiger partial charge in [-0.3, -0.25) is 0 Å². The SMILES string of the molecule is CCC[C@@H](NC(=O)N(CC1CC1)CC1CC1)C(=O)O. The molecule has 2 fully saturated rings. The molecule has 2 saturated carbocycles. The number of rotatable bonds is 8. The molecule has 1 atom stereocenters. The Morgan fingerprint density at radius 2 is 1.74 bits per heavy atom. The van der Waals surface area contributed by atoms with Crippen LogP contribution in [0.5, 0.6) is 0 Å². The van der Waals surface area contributed by atoms with Crippen LogP contribution in [-0.2, 0) is 4.79 Å². The van der Waals surface area contributed by atoms with Crippen LogP contribution in [0.15, 0.2) is 0 Å². The molecule has 108 valence electrons. The molecule has 0 spiro atoms. The van der Waals surface area contributed by atoms with E-state index in [1.165, 1.54) is 25.7 Å². The van der Waals surface area contributed by atoms with E-state index < -0.39 is 12.0 Å². The maximum Gasteiger partial charge on any atom is 0.326 e. The fraction of sp³-hybridized carbons (Fsp3) is 0.857. The van der Waals surface area contributed by atoms with Gasteiger partial charge in [0.25, 0.3) is 0 Å². The summed E-state index contributed by atoms with van der Waals surface area (Å²) in [6, 6.07) is -0.946. The number of amides is 2. The molecule has 2 amide bonds. The Hall–Kier alpha value is -1.26. The number of urea groups is 1. The van der Waals surface area contributed by atoms with Crippen molar-refractivity contribution in [2.75, 3.05) is 13.1 Å². The standard InChI is InChI=1S/C14H24N2O3/c1-2-3-12(13(17)18)15-14(19)16(8-10-4-5-10)9-11-6-7-11/h10-12H,2-9H2,1H3,(H,15,19)(H,17,18)/t12-/m1/s1. The predicted octanol–water partition coefficient (Wildman–Crippen LogP) is 2.07. The zero-order valence-corrected chi connectivity index (χ0v) is 11.6. The average Bonchev–Trinajstić information content (AvgIpc) is 3.22. The first-order chi connectivity index (χ1) is 9.10. The topological polar surface area (TPSA) is 69.6 Å². The third-order valence-corrected chi connectivity index (χ3v) is 3.81. The molecule has 0 aromatic rings. The van der Waals surface area contributed by atoms with Gasteiger partial charge in [-0.05, 0) is 43.9 Å². The summed E-state index contributed by atoms with van der Waals surface area (Å²) < 4.78 is 0. The maximum atomic E-state index is 12.2. The van der Waals surface area contributed by atoms with Crippen LogP contribution in [0.2, 0.25) is 0 Å². The van der Waals surface area contributed by atoms with Crippen LogP contribution in [-0.4, -0.2) is 41.1 Å².